The minimum Gasteiger partial charge on any atom is -0.497 e. The third kappa shape index (κ3) is 8.18. The summed E-state index contributed by atoms with van der Waals surface area (Å²) < 4.78 is 9.58. The lowest BCUT2D eigenvalue weighted by atomic mass is 10.3. The lowest BCUT2D eigenvalue weighted by Gasteiger charge is -2.12. The van der Waals surface area contributed by atoms with Crippen molar-refractivity contribution in [1.82, 2.24) is 16.2 Å². The van der Waals surface area contributed by atoms with E-state index in [2.05, 4.69) is 26.2 Å². The van der Waals surface area contributed by atoms with Gasteiger partial charge in [0, 0.05) is 18.7 Å². The van der Waals surface area contributed by atoms with E-state index < -0.39 is 0 Å². The molecule has 24 heavy (non-hydrogen) atoms. The number of methoxy groups -OCH3 is 2. The Labute approximate surface area is 146 Å². The molecule has 1 aromatic rings. The number of hydrogen-bond donors (Lipinski definition) is 4. The van der Waals surface area contributed by atoms with Gasteiger partial charge in [0.15, 0.2) is 5.11 Å². The molecule has 0 aliphatic rings. The predicted molar refractivity (Wildman–Crippen MR) is 94.6 cm³/mol. The number of benzene rings is 1. The van der Waals surface area contributed by atoms with Gasteiger partial charge < -0.3 is 20.1 Å². The monoisotopic (exact) mass is 354 g/mol. The number of amides is 1. The van der Waals surface area contributed by atoms with E-state index in [0.29, 0.717) is 19.4 Å². The SMILES string of the molecule is COC(=O)CCCNC(=S)NNC(=O)CNc1ccc(OC)cc1. The highest BCUT2D eigenvalue weighted by Crippen LogP contribution is 2.14. The molecule has 0 bridgehead atoms. The predicted octanol–water partition coefficient (Wildman–Crippen LogP) is 0.556. The third-order valence-electron chi connectivity index (χ3n) is 2.93. The summed E-state index contributed by atoms with van der Waals surface area (Å²) in [5.41, 5.74) is 5.85. The molecule has 8 nitrogen and oxygen atoms in total. The van der Waals surface area contributed by atoms with Crippen LogP contribution in [0.2, 0.25) is 0 Å². The number of anilines is 1. The van der Waals surface area contributed by atoms with Crippen LogP contribution in [0.25, 0.3) is 0 Å². The molecule has 0 aliphatic carbocycles. The fraction of sp³-hybridized carbons (Fsp3) is 0.400. The molecule has 0 saturated heterocycles. The summed E-state index contributed by atoms with van der Waals surface area (Å²) in [6, 6.07) is 7.22. The first-order chi connectivity index (χ1) is 11.5. The van der Waals surface area contributed by atoms with Crippen molar-refractivity contribution in [2.24, 2.45) is 0 Å². The molecule has 0 heterocycles. The molecular weight excluding hydrogens is 332 g/mol. The average Bonchev–Trinajstić information content (AvgIpc) is 2.61. The molecule has 0 unspecified atom stereocenters. The standard InChI is InChI=1S/C15H22N4O4S/c1-22-12-7-5-11(6-8-12)17-10-13(20)18-19-15(24)16-9-3-4-14(21)23-2/h5-8,17H,3-4,9-10H2,1-2H3,(H,18,20)(H2,16,19,24). The van der Waals surface area contributed by atoms with E-state index in [1.54, 1.807) is 19.2 Å². The van der Waals surface area contributed by atoms with Crippen molar-refractivity contribution in [3.63, 3.8) is 0 Å². The van der Waals surface area contributed by atoms with E-state index in [4.69, 9.17) is 17.0 Å². The number of ether oxygens (including phenoxy) is 2. The minimum atomic E-state index is -0.274. The molecule has 1 aromatic carbocycles. The summed E-state index contributed by atoms with van der Waals surface area (Å²) >= 11 is 5.00. The summed E-state index contributed by atoms with van der Waals surface area (Å²) in [6.45, 7) is 0.588. The van der Waals surface area contributed by atoms with Crippen LogP contribution in [0.3, 0.4) is 0 Å². The minimum absolute atomic E-state index is 0.0876. The van der Waals surface area contributed by atoms with Crippen molar-refractivity contribution in [3.05, 3.63) is 24.3 Å². The summed E-state index contributed by atoms with van der Waals surface area (Å²) in [4.78, 5) is 22.6. The van der Waals surface area contributed by atoms with Crippen LogP contribution in [-0.4, -0.2) is 44.3 Å². The maximum absolute atomic E-state index is 11.7. The first-order valence-electron chi connectivity index (χ1n) is 7.32. The molecule has 9 heteroatoms. The van der Waals surface area contributed by atoms with Gasteiger partial charge in [-0.1, -0.05) is 0 Å². The zero-order valence-electron chi connectivity index (χ0n) is 13.7. The Morgan fingerprint density at radius 3 is 2.46 bits per heavy atom. The fourth-order valence-corrected chi connectivity index (χ4v) is 1.80. The second-order valence-electron chi connectivity index (χ2n) is 4.69. The number of thiocarbonyl (C=S) groups is 1. The number of hydrazine groups is 1. The topological polar surface area (TPSA) is 101 Å². The van der Waals surface area contributed by atoms with Gasteiger partial charge in [-0.2, -0.15) is 0 Å². The van der Waals surface area contributed by atoms with Gasteiger partial charge in [0.25, 0.3) is 5.91 Å². The van der Waals surface area contributed by atoms with Crippen molar-refractivity contribution in [2.75, 3.05) is 32.6 Å². The van der Waals surface area contributed by atoms with E-state index in [-0.39, 0.29) is 23.5 Å². The fourth-order valence-electron chi connectivity index (χ4n) is 1.64. The van der Waals surface area contributed by atoms with Crippen molar-refractivity contribution in [2.45, 2.75) is 12.8 Å². The highest BCUT2D eigenvalue weighted by atomic mass is 32.1. The Bertz CT molecular complexity index is 551. The molecule has 1 rings (SSSR count). The van der Waals surface area contributed by atoms with Crippen LogP contribution in [0.5, 0.6) is 5.75 Å². The van der Waals surface area contributed by atoms with Gasteiger partial charge in [0.1, 0.15) is 5.75 Å². The number of esters is 1. The zero-order valence-corrected chi connectivity index (χ0v) is 14.5. The molecular formula is C15H22N4O4S. The van der Waals surface area contributed by atoms with Gasteiger partial charge in [0.2, 0.25) is 0 Å². The number of carbonyl (C=O) groups is 2. The highest BCUT2D eigenvalue weighted by Gasteiger charge is 2.03. The Balaban J connectivity index is 2.14. The van der Waals surface area contributed by atoms with Gasteiger partial charge >= 0.3 is 5.97 Å². The van der Waals surface area contributed by atoms with Crippen molar-refractivity contribution in [1.29, 1.82) is 0 Å². The van der Waals surface area contributed by atoms with Gasteiger partial charge in [-0.25, -0.2) is 0 Å². The van der Waals surface area contributed by atoms with Crippen LogP contribution in [-0.2, 0) is 14.3 Å². The van der Waals surface area contributed by atoms with E-state index in [1.807, 2.05) is 12.1 Å². The van der Waals surface area contributed by atoms with Crippen LogP contribution >= 0.6 is 12.2 Å². The zero-order chi connectivity index (χ0) is 17.8. The number of hydrogen-bond acceptors (Lipinski definition) is 6. The van der Waals surface area contributed by atoms with E-state index in [9.17, 15) is 9.59 Å². The Morgan fingerprint density at radius 2 is 1.83 bits per heavy atom. The largest absolute Gasteiger partial charge is 0.497 e. The van der Waals surface area contributed by atoms with Gasteiger partial charge in [-0.3, -0.25) is 20.4 Å². The molecule has 0 aliphatic heterocycles. The molecule has 1 amide bonds. The average molecular weight is 354 g/mol. The quantitative estimate of drug-likeness (QED) is 0.232. The summed E-state index contributed by atoms with van der Waals surface area (Å²) in [5.74, 6) is 0.202. The second kappa shape index (κ2) is 11.1. The molecule has 0 radical (unpaired) electrons. The van der Waals surface area contributed by atoms with Crippen molar-refractivity contribution >= 4 is 34.9 Å². The number of rotatable bonds is 8. The summed E-state index contributed by atoms with van der Waals surface area (Å²) in [5, 5.41) is 6.11. The van der Waals surface area contributed by atoms with Gasteiger partial charge in [-0.15, -0.1) is 0 Å². The summed E-state index contributed by atoms with van der Waals surface area (Å²) in [6.07, 6.45) is 0.895. The summed E-state index contributed by atoms with van der Waals surface area (Å²) in [7, 11) is 2.94. The Morgan fingerprint density at radius 1 is 1.12 bits per heavy atom. The molecule has 132 valence electrons. The van der Waals surface area contributed by atoms with Gasteiger partial charge in [-0.05, 0) is 42.9 Å². The molecule has 0 atom stereocenters. The van der Waals surface area contributed by atoms with E-state index in [0.717, 1.165) is 11.4 Å². The van der Waals surface area contributed by atoms with Gasteiger partial charge in [0.05, 0.1) is 20.8 Å². The third-order valence-corrected chi connectivity index (χ3v) is 3.18. The first-order valence-corrected chi connectivity index (χ1v) is 7.73. The number of nitrogens with one attached hydrogen (secondary N) is 4. The van der Waals surface area contributed by atoms with E-state index in [1.165, 1.54) is 7.11 Å². The van der Waals surface area contributed by atoms with E-state index >= 15 is 0 Å². The maximum Gasteiger partial charge on any atom is 0.305 e. The van der Waals surface area contributed by atoms with Crippen LogP contribution in [0.15, 0.2) is 24.3 Å². The van der Waals surface area contributed by atoms with Crippen molar-refractivity contribution < 1.29 is 19.1 Å². The van der Waals surface area contributed by atoms with Crippen LogP contribution in [0.1, 0.15) is 12.8 Å². The lowest BCUT2D eigenvalue weighted by molar-refractivity contribution is -0.140. The molecule has 0 aromatic heterocycles. The lowest BCUT2D eigenvalue weighted by Crippen LogP contribution is -2.48. The first kappa shape index (κ1) is 19.5. The number of carbonyl (C=O) groups excluding carboxylic acids is 2. The molecule has 0 fully saturated rings. The van der Waals surface area contributed by atoms with Crippen molar-refractivity contribution in [3.8, 4) is 5.75 Å². The van der Waals surface area contributed by atoms with Crippen LogP contribution in [0.4, 0.5) is 5.69 Å². The Kier molecular flexibility index (Phi) is 8.98. The smallest absolute Gasteiger partial charge is 0.305 e. The highest BCUT2D eigenvalue weighted by molar-refractivity contribution is 7.80. The van der Waals surface area contributed by atoms with Crippen LogP contribution in [0, 0.1) is 0 Å². The second-order valence-corrected chi connectivity index (χ2v) is 5.10. The maximum atomic E-state index is 11.7. The Hall–Kier alpha value is -2.55. The molecule has 0 spiro atoms. The normalized spacial score (nSPS) is 9.58. The van der Waals surface area contributed by atoms with Crippen LogP contribution < -0.4 is 26.2 Å². The molecule has 4 N–H and O–H groups in total. The molecule has 0 saturated carbocycles.